The minimum atomic E-state index is -0.898. The van der Waals surface area contributed by atoms with Crippen LogP contribution in [0.4, 0.5) is 0 Å². The average molecular weight is 144 g/mol. The molecule has 3 nitrogen and oxygen atoms in total. The Morgan fingerprint density at radius 3 is 2.50 bits per heavy atom. The average Bonchev–Trinajstić information content (AvgIpc) is 2.17. The van der Waals surface area contributed by atoms with Crippen molar-refractivity contribution in [3.05, 3.63) is 0 Å². The molecule has 1 N–H and O–H groups in total. The highest BCUT2D eigenvalue weighted by atomic mass is 16.6. The van der Waals surface area contributed by atoms with Crippen LogP contribution in [0.1, 0.15) is 20.3 Å². The van der Waals surface area contributed by atoms with Gasteiger partial charge in [0.15, 0.2) is 6.10 Å². The second-order valence-electron chi connectivity index (χ2n) is 2.69. The largest absolute Gasteiger partial charge is 0.460 e. The lowest BCUT2D eigenvalue weighted by Crippen LogP contribution is -2.21. The van der Waals surface area contributed by atoms with Crippen LogP contribution in [0.3, 0.4) is 0 Å². The molecule has 3 unspecified atom stereocenters. The van der Waals surface area contributed by atoms with E-state index < -0.39 is 12.1 Å². The summed E-state index contributed by atoms with van der Waals surface area (Å²) in [4.78, 5) is 10.7. The highest BCUT2D eigenvalue weighted by Crippen LogP contribution is 2.23. The van der Waals surface area contributed by atoms with Gasteiger partial charge in [0.25, 0.3) is 0 Å². The highest BCUT2D eigenvalue weighted by Gasteiger charge is 2.39. The molecule has 3 atom stereocenters. The lowest BCUT2D eigenvalue weighted by Gasteiger charge is -2.10. The van der Waals surface area contributed by atoms with Crippen molar-refractivity contribution < 1.29 is 14.6 Å². The maximum absolute atomic E-state index is 10.7. The van der Waals surface area contributed by atoms with Crippen LogP contribution in [0, 0.1) is 5.92 Å². The zero-order valence-corrected chi connectivity index (χ0v) is 6.20. The van der Waals surface area contributed by atoms with Gasteiger partial charge in [0.05, 0.1) is 0 Å². The van der Waals surface area contributed by atoms with Crippen molar-refractivity contribution in [3.8, 4) is 0 Å². The molecule has 1 saturated heterocycles. The number of ether oxygens (including phenoxy) is 1. The van der Waals surface area contributed by atoms with E-state index in [2.05, 4.69) is 0 Å². The second kappa shape index (κ2) is 2.58. The van der Waals surface area contributed by atoms with Crippen molar-refractivity contribution in [3.63, 3.8) is 0 Å². The lowest BCUT2D eigenvalue weighted by atomic mass is 10.00. The van der Waals surface area contributed by atoms with Gasteiger partial charge in [-0.25, -0.2) is 4.79 Å². The zero-order valence-electron chi connectivity index (χ0n) is 6.20. The molecule has 3 heteroatoms. The van der Waals surface area contributed by atoms with Crippen LogP contribution in [-0.2, 0) is 9.53 Å². The Hall–Kier alpha value is -0.570. The summed E-state index contributed by atoms with van der Waals surface area (Å²) in [6.07, 6.45) is -0.198. The first-order chi connectivity index (χ1) is 4.66. The fourth-order valence-corrected chi connectivity index (χ4v) is 1.20. The Balaban J connectivity index is 2.61. The van der Waals surface area contributed by atoms with Crippen LogP contribution < -0.4 is 0 Å². The van der Waals surface area contributed by atoms with E-state index in [1.54, 1.807) is 0 Å². The summed E-state index contributed by atoms with van der Waals surface area (Å²) in [5.41, 5.74) is 0. The summed E-state index contributed by atoms with van der Waals surface area (Å²) in [5.74, 6) is -0.517. The van der Waals surface area contributed by atoms with Gasteiger partial charge in [0.2, 0.25) is 0 Å². The smallest absolute Gasteiger partial charge is 0.335 e. The third-order valence-corrected chi connectivity index (χ3v) is 2.00. The Morgan fingerprint density at radius 1 is 1.70 bits per heavy atom. The molecule has 58 valence electrons. The molecule has 0 amide bonds. The second-order valence-corrected chi connectivity index (χ2v) is 2.69. The standard InChI is InChI=1S/C7H12O3/c1-3-5-4(2)6(8)7(9)10-5/h4-6,8H,3H2,1-2H3. The van der Waals surface area contributed by atoms with Gasteiger partial charge in [-0.1, -0.05) is 13.8 Å². The molecule has 0 saturated carbocycles. The van der Waals surface area contributed by atoms with Crippen LogP contribution in [0.5, 0.6) is 0 Å². The first kappa shape index (κ1) is 7.54. The molecule has 0 bridgehead atoms. The van der Waals surface area contributed by atoms with Crippen molar-refractivity contribution in [2.45, 2.75) is 32.5 Å². The molecular weight excluding hydrogens is 132 g/mol. The van der Waals surface area contributed by atoms with Gasteiger partial charge in [0, 0.05) is 5.92 Å². The molecular formula is C7H12O3. The fourth-order valence-electron chi connectivity index (χ4n) is 1.20. The predicted octanol–water partition coefficient (Wildman–Crippen LogP) is 0.319. The quantitative estimate of drug-likeness (QED) is 0.539. The maximum atomic E-state index is 10.7. The van der Waals surface area contributed by atoms with Gasteiger partial charge >= 0.3 is 5.97 Å². The van der Waals surface area contributed by atoms with Crippen molar-refractivity contribution in [2.75, 3.05) is 0 Å². The highest BCUT2D eigenvalue weighted by molar-refractivity contribution is 5.77. The Labute approximate surface area is 60.0 Å². The molecule has 0 aliphatic carbocycles. The Bertz CT molecular complexity index is 144. The number of aliphatic hydroxyl groups is 1. The number of rotatable bonds is 1. The normalized spacial score (nSPS) is 39.9. The van der Waals surface area contributed by atoms with Gasteiger partial charge in [-0.3, -0.25) is 0 Å². The summed E-state index contributed by atoms with van der Waals surface area (Å²) in [7, 11) is 0. The van der Waals surface area contributed by atoms with Crippen LogP contribution in [0.25, 0.3) is 0 Å². The summed E-state index contributed by atoms with van der Waals surface area (Å²) >= 11 is 0. The SMILES string of the molecule is CCC1OC(=O)C(O)C1C. The van der Waals surface area contributed by atoms with Gasteiger partial charge in [0.1, 0.15) is 6.10 Å². The fraction of sp³-hybridized carbons (Fsp3) is 0.857. The number of aliphatic hydroxyl groups excluding tert-OH is 1. The lowest BCUT2D eigenvalue weighted by molar-refractivity contribution is -0.147. The summed E-state index contributed by atoms with van der Waals surface area (Å²) < 4.78 is 4.85. The summed E-state index contributed by atoms with van der Waals surface area (Å²) in [5, 5.41) is 9.09. The topological polar surface area (TPSA) is 46.5 Å². The molecule has 1 fully saturated rings. The molecule has 0 spiro atoms. The third kappa shape index (κ3) is 1.01. The van der Waals surface area contributed by atoms with Crippen molar-refractivity contribution in [1.29, 1.82) is 0 Å². The van der Waals surface area contributed by atoms with Gasteiger partial charge in [-0.2, -0.15) is 0 Å². The van der Waals surface area contributed by atoms with E-state index in [9.17, 15) is 4.79 Å². The van der Waals surface area contributed by atoms with E-state index in [1.807, 2.05) is 13.8 Å². The Kier molecular flexibility index (Phi) is 1.94. The van der Waals surface area contributed by atoms with E-state index in [0.29, 0.717) is 0 Å². The van der Waals surface area contributed by atoms with Crippen molar-refractivity contribution in [1.82, 2.24) is 0 Å². The van der Waals surface area contributed by atoms with E-state index in [0.717, 1.165) is 6.42 Å². The monoisotopic (exact) mass is 144 g/mol. The van der Waals surface area contributed by atoms with E-state index in [1.165, 1.54) is 0 Å². The molecule has 1 aliphatic heterocycles. The number of carbonyl (C=O) groups is 1. The number of hydrogen-bond acceptors (Lipinski definition) is 3. The molecule has 1 heterocycles. The third-order valence-electron chi connectivity index (χ3n) is 2.00. The predicted molar refractivity (Wildman–Crippen MR) is 35.3 cm³/mol. The molecule has 0 aromatic carbocycles. The number of hydrogen-bond donors (Lipinski definition) is 1. The minimum absolute atomic E-state index is 0.0440. The van der Waals surface area contributed by atoms with Crippen LogP contribution in [0.2, 0.25) is 0 Å². The molecule has 1 rings (SSSR count). The van der Waals surface area contributed by atoms with Gasteiger partial charge < -0.3 is 9.84 Å². The molecule has 0 aromatic rings. The molecule has 0 aromatic heterocycles. The number of cyclic esters (lactones) is 1. The van der Waals surface area contributed by atoms with Crippen LogP contribution in [-0.4, -0.2) is 23.3 Å². The Morgan fingerprint density at radius 2 is 2.30 bits per heavy atom. The van der Waals surface area contributed by atoms with E-state index in [-0.39, 0.29) is 12.0 Å². The first-order valence-electron chi connectivity index (χ1n) is 3.55. The zero-order chi connectivity index (χ0) is 7.72. The molecule has 0 radical (unpaired) electrons. The minimum Gasteiger partial charge on any atom is -0.460 e. The maximum Gasteiger partial charge on any atom is 0.335 e. The number of esters is 1. The molecule has 1 aliphatic rings. The summed E-state index contributed by atoms with van der Waals surface area (Å²) in [6, 6.07) is 0. The van der Waals surface area contributed by atoms with Gasteiger partial charge in [-0.05, 0) is 6.42 Å². The van der Waals surface area contributed by atoms with E-state index in [4.69, 9.17) is 9.84 Å². The van der Waals surface area contributed by atoms with Gasteiger partial charge in [-0.15, -0.1) is 0 Å². The van der Waals surface area contributed by atoms with Crippen molar-refractivity contribution in [2.24, 2.45) is 5.92 Å². The summed E-state index contributed by atoms with van der Waals surface area (Å²) in [6.45, 7) is 3.76. The van der Waals surface area contributed by atoms with Crippen molar-refractivity contribution >= 4 is 5.97 Å². The first-order valence-corrected chi connectivity index (χ1v) is 3.55. The molecule has 10 heavy (non-hydrogen) atoms. The van der Waals surface area contributed by atoms with Crippen LogP contribution in [0.15, 0.2) is 0 Å². The number of carbonyl (C=O) groups excluding carboxylic acids is 1. The van der Waals surface area contributed by atoms with E-state index >= 15 is 0 Å². The van der Waals surface area contributed by atoms with Crippen LogP contribution >= 0.6 is 0 Å².